The monoisotopic (exact) mass is 239 g/mol. The van der Waals surface area contributed by atoms with Crippen LogP contribution >= 0.6 is 0 Å². The Labute approximate surface area is 106 Å². The molecule has 0 spiro atoms. The molecule has 0 fully saturated rings. The van der Waals surface area contributed by atoms with Gasteiger partial charge in [-0.15, -0.1) is 0 Å². The fourth-order valence-electron chi connectivity index (χ4n) is 1.51. The minimum Gasteiger partial charge on any atom is -0.456 e. The SMILES string of the molecule is CCNc1cncc(Oc2ccc(C#N)cc2)c1. The lowest BCUT2D eigenvalue weighted by atomic mass is 10.2. The molecule has 0 radical (unpaired) electrons. The van der Waals surface area contributed by atoms with Crippen LogP contribution in [0.1, 0.15) is 12.5 Å². The minimum absolute atomic E-state index is 0.613. The highest BCUT2D eigenvalue weighted by Crippen LogP contribution is 2.23. The molecule has 0 aliphatic heterocycles. The highest BCUT2D eigenvalue weighted by atomic mass is 16.5. The Morgan fingerprint density at radius 2 is 2.00 bits per heavy atom. The van der Waals surface area contributed by atoms with Crippen molar-refractivity contribution in [3.63, 3.8) is 0 Å². The Kier molecular flexibility index (Phi) is 3.77. The Hall–Kier alpha value is -2.54. The Morgan fingerprint density at radius 3 is 2.67 bits per heavy atom. The van der Waals surface area contributed by atoms with Crippen LogP contribution in [0.2, 0.25) is 0 Å². The van der Waals surface area contributed by atoms with Crippen molar-refractivity contribution in [2.24, 2.45) is 0 Å². The van der Waals surface area contributed by atoms with Gasteiger partial charge >= 0.3 is 0 Å². The number of nitriles is 1. The van der Waals surface area contributed by atoms with Gasteiger partial charge in [0.1, 0.15) is 11.5 Å². The molecule has 0 atom stereocenters. The molecule has 4 heteroatoms. The zero-order valence-electron chi connectivity index (χ0n) is 10.1. The lowest BCUT2D eigenvalue weighted by Crippen LogP contribution is -1.97. The number of benzene rings is 1. The predicted molar refractivity (Wildman–Crippen MR) is 69.6 cm³/mol. The van der Waals surface area contributed by atoms with Gasteiger partial charge in [0.25, 0.3) is 0 Å². The number of nitrogens with zero attached hydrogens (tertiary/aromatic N) is 2. The maximum atomic E-state index is 8.70. The van der Waals surface area contributed by atoms with E-state index in [0.717, 1.165) is 12.2 Å². The zero-order valence-corrected chi connectivity index (χ0v) is 10.1. The van der Waals surface area contributed by atoms with Gasteiger partial charge < -0.3 is 10.1 Å². The van der Waals surface area contributed by atoms with Crippen molar-refractivity contribution >= 4 is 5.69 Å². The van der Waals surface area contributed by atoms with Gasteiger partial charge in [-0.05, 0) is 31.2 Å². The van der Waals surface area contributed by atoms with Crippen molar-refractivity contribution in [1.82, 2.24) is 4.98 Å². The summed E-state index contributed by atoms with van der Waals surface area (Å²) in [6.45, 7) is 2.86. The molecule has 2 rings (SSSR count). The lowest BCUT2D eigenvalue weighted by Gasteiger charge is -2.07. The summed E-state index contributed by atoms with van der Waals surface area (Å²) in [4.78, 5) is 4.09. The summed E-state index contributed by atoms with van der Waals surface area (Å²) in [5.74, 6) is 1.35. The number of hydrogen-bond acceptors (Lipinski definition) is 4. The van der Waals surface area contributed by atoms with Crippen molar-refractivity contribution in [3.05, 3.63) is 48.3 Å². The second-order valence-corrected chi connectivity index (χ2v) is 3.68. The summed E-state index contributed by atoms with van der Waals surface area (Å²) in [6.07, 6.45) is 3.40. The van der Waals surface area contributed by atoms with Crippen molar-refractivity contribution < 1.29 is 4.74 Å². The molecular formula is C14H13N3O. The predicted octanol–water partition coefficient (Wildman–Crippen LogP) is 3.18. The number of ether oxygens (including phenoxy) is 1. The maximum Gasteiger partial charge on any atom is 0.147 e. The van der Waals surface area contributed by atoms with Gasteiger partial charge in [-0.25, -0.2) is 0 Å². The van der Waals surface area contributed by atoms with Crippen molar-refractivity contribution in [3.8, 4) is 17.6 Å². The number of anilines is 1. The van der Waals surface area contributed by atoms with Crippen molar-refractivity contribution in [2.45, 2.75) is 6.92 Å². The van der Waals surface area contributed by atoms with Gasteiger partial charge in [-0.3, -0.25) is 4.98 Å². The van der Waals surface area contributed by atoms with Gasteiger partial charge in [-0.1, -0.05) is 0 Å². The van der Waals surface area contributed by atoms with Crippen LogP contribution in [-0.4, -0.2) is 11.5 Å². The molecule has 0 saturated carbocycles. The molecule has 1 N–H and O–H groups in total. The van der Waals surface area contributed by atoms with E-state index in [0.29, 0.717) is 17.1 Å². The first-order valence-electron chi connectivity index (χ1n) is 5.68. The third-order valence-electron chi connectivity index (χ3n) is 2.31. The molecule has 0 aliphatic carbocycles. The molecule has 1 aromatic heterocycles. The first kappa shape index (κ1) is 11.9. The minimum atomic E-state index is 0.613. The van der Waals surface area contributed by atoms with Gasteiger partial charge in [0.15, 0.2) is 0 Å². The van der Waals surface area contributed by atoms with Crippen LogP contribution in [0.15, 0.2) is 42.7 Å². The van der Waals surface area contributed by atoms with E-state index < -0.39 is 0 Å². The van der Waals surface area contributed by atoms with E-state index in [1.165, 1.54) is 0 Å². The standard InChI is InChI=1S/C14H13N3O/c1-2-17-12-7-14(10-16-9-12)18-13-5-3-11(8-15)4-6-13/h3-7,9-10,17H,2H2,1H3. The number of aromatic nitrogens is 1. The van der Waals surface area contributed by atoms with Crippen LogP contribution in [0.5, 0.6) is 11.5 Å². The highest BCUT2D eigenvalue weighted by molar-refractivity contribution is 5.46. The summed E-state index contributed by atoms with van der Waals surface area (Å²) < 4.78 is 5.65. The van der Waals surface area contributed by atoms with E-state index in [1.807, 2.05) is 13.0 Å². The van der Waals surface area contributed by atoms with Gasteiger partial charge in [0.05, 0.1) is 29.7 Å². The summed E-state index contributed by atoms with van der Waals surface area (Å²) in [7, 11) is 0. The number of rotatable bonds is 4. The van der Waals surface area contributed by atoms with Gasteiger partial charge in [-0.2, -0.15) is 5.26 Å². The second-order valence-electron chi connectivity index (χ2n) is 3.68. The third kappa shape index (κ3) is 2.98. The van der Waals surface area contributed by atoms with Crippen LogP contribution in [-0.2, 0) is 0 Å². The largest absolute Gasteiger partial charge is 0.456 e. The van der Waals surface area contributed by atoms with Crippen molar-refractivity contribution in [2.75, 3.05) is 11.9 Å². The first-order valence-corrected chi connectivity index (χ1v) is 5.68. The normalized spacial score (nSPS) is 9.56. The zero-order chi connectivity index (χ0) is 12.8. The van der Waals surface area contributed by atoms with Crippen LogP contribution < -0.4 is 10.1 Å². The molecule has 0 saturated heterocycles. The summed E-state index contributed by atoms with van der Waals surface area (Å²) in [5, 5.41) is 11.9. The summed E-state index contributed by atoms with van der Waals surface area (Å²) >= 11 is 0. The molecule has 0 bridgehead atoms. The number of nitrogens with one attached hydrogen (secondary N) is 1. The topological polar surface area (TPSA) is 57.9 Å². The van der Waals surface area contributed by atoms with Crippen molar-refractivity contribution in [1.29, 1.82) is 5.26 Å². The Morgan fingerprint density at radius 1 is 1.22 bits per heavy atom. The molecular weight excluding hydrogens is 226 g/mol. The van der Waals surface area contributed by atoms with E-state index in [9.17, 15) is 0 Å². The average Bonchev–Trinajstić information content (AvgIpc) is 2.40. The third-order valence-corrected chi connectivity index (χ3v) is 2.31. The van der Waals surface area contributed by atoms with Gasteiger partial charge in [0, 0.05) is 12.6 Å². The summed E-state index contributed by atoms with van der Waals surface area (Å²) in [6, 6.07) is 10.9. The van der Waals surface area contributed by atoms with Crippen LogP contribution in [0.3, 0.4) is 0 Å². The maximum absolute atomic E-state index is 8.70. The van der Waals surface area contributed by atoms with E-state index in [1.54, 1.807) is 36.7 Å². The van der Waals surface area contributed by atoms with E-state index in [4.69, 9.17) is 10.00 Å². The lowest BCUT2D eigenvalue weighted by molar-refractivity contribution is 0.480. The smallest absolute Gasteiger partial charge is 0.147 e. The average molecular weight is 239 g/mol. The first-order chi connectivity index (χ1) is 8.81. The fourth-order valence-corrected chi connectivity index (χ4v) is 1.51. The molecule has 0 unspecified atom stereocenters. The fraction of sp³-hybridized carbons (Fsp3) is 0.143. The quantitative estimate of drug-likeness (QED) is 0.890. The molecule has 4 nitrogen and oxygen atoms in total. The van der Waals surface area contributed by atoms with Crippen LogP contribution in [0, 0.1) is 11.3 Å². The van der Waals surface area contributed by atoms with E-state index in [2.05, 4.69) is 16.4 Å². The van der Waals surface area contributed by atoms with Gasteiger partial charge in [0.2, 0.25) is 0 Å². The molecule has 0 aliphatic rings. The molecule has 1 heterocycles. The molecule has 18 heavy (non-hydrogen) atoms. The molecule has 0 amide bonds. The second kappa shape index (κ2) is 5.69. The van der Waals surface area contributed by atoms with Crippen LogP contribution in [0.4, 0.5) is 5.69 Å². The summed E-state index contributed by atoms with van der Waals surface area (Å²) in [5.41, 5.74) is 1.53. The highest BCUT2D eigenvalue weighted by Gasteiger charge is 1.99. The number of hydrogen-bond donors (Lipinski definition) is 1. The molecule has 1 aromatic carbocycles. The number of pyridine rings is 1. The van der Waals surface area contributed by atoms with E-state index >= 15 is 0 Å². The van der Waals surface area contributed by atoms with Crippen LogP contribution in [0.25, 0.3) is 0 Å². The van der Waals surface area contributed by atoms with E-state index in [-0.39, 0.29) is 0 Å². The Balaban J connectivity index is 2.12. The molecule has 90 valence electrons. The Bertz CT molecular complexity index is 558. The molecule has 2 aromatic rings.